The summed E-state index contributed by atoms with van der Waals surface area (Å²) < 4.78 is 5.67. The van der Waals surface area contributed by atoms with Crippen molar-refractivity contribution in [3.8, 4) is 5.88 Å². The highest BCUT2D eigenvalue weighted by atomic mass is 35.5. The molecular weight excluding hydrogens is 469 g/mol. The topological polar surface area (TPSA) is 61.8 Å². The van der Waals surface area contributed by atoms with Crippen LogP contribution >= 0.6 is 36.6 Å². The van der Waals surface area contributed by atoms with E-state index in [9.17, 15) is 4.79 Å². The number of ether oxygens (including phenoxy) is 1. The SMILES string of the molecule is CCOc1ncnc2c1N(CCCN1CCN(Cc3ccccc3)CC1)C(=O)CS2.Cl.Cl. The number of hydrogen-bond acceptors (Lipinski definition) is 7. The summed E-state index contributed by atoms with van der Waals surface area (Å²) >= 11 is 1.46. The molecular formula is C22H31Cl2N5O2S. The van der Waals surface area contributed by atoms with Crippen LogP contribution in [0.4, 0.5) is 5.69 Å². The molecule has 2 aliphatic rings. The summed E-state index contributed by atoms with van der Waals surface area (Å²) in [5.41, 5.74) is 2.12. The van der Waals surface area contributed by atoms with E-state index >= 15 is 0 Å². The predicted molar refractivity (Wildman–Crippen MR) is 134 cm³/mol. The van der Waals surface area contributed by atoms with Gasteiger partial charge in [-0.2, -0.15) is 4.98 Å². The number of thioether (sulfide) groups is 1. The highest BCUT2D eigenvalue weighted by molar-refractivity contribution is 8.00. The molecule has 4 rings (SSSR count). The van der Waals surface area contributed by atoms with Gasteiger partial charge in [0.25, 0.3) is 0 Å². The van der Waals surface area contributed by atoms with Crippen molar-refractivity contribution in [3.63, 3.8) is 0 Å². The zero-order valence-electron chi connectivity index (χ0n) is 18.3. The van der Waals surface area contributed by atoms with E-state index in [1.165, 1.54) is 23.7 Å². The number of rotatable bonds is 8. The number of fused-ring (bicyclic) bond motifs is 1. The number of carbonyl (C=O) groups excluding carboxylic acids is 1. The Labute approximate surface area is 206 Å². The standard InChI is InChI=1S/C22H29N5O2S.2ClH/c1-2-29-21-20-22(24-17-23-21)30-16-19(28)27(20)10-6-9-25-11-13-26(14-12-25)15-18-7-4-3-5-8-18;;/h3-5,7-8,17H,2,6,9-16H2,1H3;2*1H. The fourth-order valence-electron chi connectivity index (χ4n) is 3.96. The number of halogens is 2. The molecule has 0 aliphatic carbocycles. The summed E-state index contributed by atoms with van der Waals surface area (Å²) in [4.78, 5) is 28.0. The second-order valence-electron chi connectivity index (χ2n) is 7.56. The Morgan fingerprint density at radius 3 is 2.44 bits per heavy atom. The van der Waals surface area contributed by atoms with Gasteiger partial charge in [-0.15, -0.1) is 24.8 Å². The van der Waals surface area contributed by atoms with E-state index in [2.05, 4.69) is 50.1 Å². The Balaban J connectivity index is 0.00000181. The van der Waals surface area contributed by atoms with Gasteiger partial charge in [0, 0.05) is 39.3 Å². The van der Waals surface area contributed by atoms with Gasteiger partial charge in [-0.1, -0.05) is 42.1 Å². The molecule has 10 heteroatoms. The van der Waals surface area contributed by atoms with Gasteiger partial charge in [-0.3, -0.25) is 9.69 Å². The van der Waals surface area contributed by atoms with Gasteiger partial charge in [0.05, 0.1) is 12.4 Å². The Morgan fingerprint density at radius 1 is 1.00 bits per heavy atom. The Kier molecular flexibility index (Phi) is 11.0. The lowest BCUT2D eigenvalue weighted by Gasteiger charge is -2.35. The van der Waals surface area contributed by atoms with E-state index in [4.69, 9.17) is 4.74 Å². The summed E-state index contributed by atoms with van der Waals surface area (Å²) in [6.07, 6.45) is 2.44. The summed E-state index contributed by atoms with van der Waals surface area (Å²) in [5, 5.41) is 0.836. The van der Waals surface area contributed by atoms with Crippen LogP contribution in [0, 0.1) is 0 Å². The minimum absolute atomic E-state index is 0. The molecule has 1 aromatic carbocycles. The first kappa shape index (κ1) is 26.7. The van der Waals surface area contributed by atoms with Crippen LogP contribution in [-0.2, 0) is 11.3 Å². The van der Waals surface area contributed by atoms with E-state index in [1.54, 1.807) is 0 Å². The molecule has 32 heavy (non-hydrogen) atoms. The maximum atomic E-state index is 12.6. The minimum atomic E-state index is 0. The number of hydrogen-bond donors (Lipinski definition) is 0. The minimum Gasteiger partial charge on any atom is -0.476 e. The lowest BCUT2D eigenvalue weighted by Crippen LogP contribution is -2.46. The molecule has 7 nitrogen and oxygen atoms in total. The number of anilines is 1. The number of carbonyl (C=O) groups is 1. The molecule has 176 valence electrons. The van der Waals surface area contributed by atoms with Crippen LogP contribution in [0.3, 0.4) is 0 Å². The average molecular weight is 500 g/mol. The normalized spacial score (nSPS) is 16.7. The molecule has 0 spiro atoms. The number of piperazine rings is 1. The van der Waals surface area contributed by atoms with E-state index in [1.807, 2.05) is 11.8 Å². The highest BCUT2D eigenvalue weighted by Gasteiger charge is 2.30. The third kappa shape index (κ3) is 6.71. The molecule has 1 fully saturated rings. The van der Waals surface area contributed by atoms with Crippen molar-refractivity contribution in [2.75, 3.05) is 56.5 Å². The average Bonchev–Trinajstić information content (AvgIpc) is 2.77. The fourth-order valence-corrected chi connectivity index (χ4v) is 4.83. The van der Waals surface area contributed by atoms with E-state index in [0.717, 1.165) is 56.4 Å². The summed E-state index contributed by atoms with van der Waals surface area (Å²) in [6, 6.07) is 10.7. The largest absolute Gasteiger partial charge is 0.476 e. The van der Waals surface area contributed by atoms with Crippen LogP contribution in [0.2, 0.25) is 0 Å². The smallest absolute Gasteiger partial charge is 0.242 e. The number of nitrogens with zero attached hydrogens (tertiary/aromatic N) is 5. The Bertz CT molecular complexity index is 853. The van der Waals surface area contributed by atoms with Gasteiger partial charge in [0.2, 0.25) is 11.8 Å². The first-order chi connectivity index (χ1) is 14.7. The second kappa shape index (κ2) is 13.2. The monoisotopic (exact) mass is 499 g/mol. The lowest BCUT2D eigenvalue weighted by molar-refractivity contribution is -0.116. The molecule has 0 N–H and O–H groups in total. The van der Waals surface area contributed by atoms with E-state index in [-0.39, 0.29) is 30.7 Å². The predicted octanol–water partition coefficient (Wildman–Crippen LogP) is 3.37. The van der Waals surface area contributed by atoms with Crippen molar-refractivity contribution in [1.82, 2.24) is 19.8 Å². The quantitative estimate of drug-likeness (QED) is 0.515. The maximum Gasteiger partial charge on any atom is 0.242 e. The molecule has 0 bridgehead atoms. The van der Waals surface area contributed by atoms with Crippen LogP contribution in [0.1, 0.15) is 18.9 Å². The zero-order chi connectivity index (χ0) is 20.8. The van der Waals surface area contributed by atoms with Gasteiger partial charge in [-0.25, -0.2) is 4.98 Å². The molecule has 1 aromatic heterocycles. The Morgan fingerprint density at radius 2 is 1.72 bits per heavy atom. The summed E-state index contributed by atoms with van der Waals surface area (Å²) in [7, 11) is 0. The molecule has 0 unspecified atom stereocenters. The lowest BCUT2D eigenvalue weighted by atomic mass is 10.2. The molecule has 3 heterocycles. The van der Waals surface area contributed by atoms with Gasteiger partial charge in [0.1, 0.15) is 17.0 Å². The molecule has 2 aromatic rings. The molecule has 1 saturated heterocycles. The maximum absolute atomic E-state index is 12.6. The van der Waals surface area contributed by atoms with Crippen molar-refractivity contribution >= 4 is 48.2 Å². The molecule has 0 saturated carbocycles. The second-order valence-corrected chi connectivity index (χ2v) is 8.52. The van der Waals surface area contributed by atoms with E-state index < -0.39 is 0 Å². The van der Waals surface area contributed by atoms with Gasteiger partial charge in [-0.05, 0) is 25.5 Å². The molecule has 0 radical (unpaired) electrons. The summed E-state index contributed by atoms with van der Waals surface area (Å²) in [5.74, 6) is 1.04. The zero-order valence-corrected chi connectivity index (χ0v) is 20.8. The van der Waals surface area contributed by atoms with Crippen LogP contribution in [0.15, 0.2) is 41.7 Å². The van der Waals surface area contributed by atoms with Crippen molar-refractivity contribution in [1.29, 1.82) is 0 Å². The van der Waals surface area contributed by atoms with Gasteiger partial charge < -0.3 is 14.5 Å². The van der Waals surface area contributed by atoms with Crippen molar-refractivity contribution < 1.29 is 9.53 Å². The number of benzene rings is 1. The highest BCUT2D eigenvalue weighted by Crippen LogP contribution is 2.39. The molecule has 0 atom stereocenters. The number of aromatic nitrogens is 2. The summed E-state index contributed by atoms with van der Waals surface area (Å²) in [6.45, 7) is 9.43. The molecule has 2 aliphatic heterocycles. The van der Waals surface area contributed by atoms with Crippen LogP contribution in [0.25, 0.3) is 0 Å². The third-order valence-corrected chi connectivity index (χ3v) is 6.47. The van der Waals surface area contributed by atoms with Crippen LogP contribution in [-0.4, -0.2) is 77.3 Å². The number of amides is 1. The third-order valence-electron chi connectivity index (χ3n) is 5.51. The first-order valence-electron chi connectivity index (χ1n) is 10.6. The van der Waals surface area contributed by atoms with Crippen LogP contribution < -0.4 is 9.64 Å². The van der Waals surface area contributed by atoms with E-state index in [0.29, 0.717) is 24.8 Å². The van der Waals surface area contributed by atoms with Gasteiger partial charge in [0.15, 0.2) is 0 Å². The first-order valence-corrected chi connectivity index (χ1v) is 11.6. The van der Waals surface area contributed by atoms with Crippen LogP contribution in [0.5, 0.6) is 5.88 Å². The van der Waals surface area contributed by atoms with Crippen molar-refractivity contribution in [2.45, 2.75) is 24.9 Å². The molecule has 1 amide bonds. The van der Waals surface area contributed by atoms with Gasteiger partial charge >= 0.3 is 0 Å². The van der Waals surface area contributed by atoms with Crippen molar-refractivity contribution in [2.24, 2.45) is 0 Å². The Hall–Kier alpha value is -1.58. The fraction of sp³-hybridized carbons (Fsp3) is 0.500. The van der Waals surface area contributed by atoms with Crippen molar-refractivity contribution in [3.05, 3.63) is 42.2 Å².